The molecule has 186 valence electrons. The van der Waals surface area contributed by atoms with Crippen molar-refractivity contribution in [2.45, 2.75) is 42.0 Å². The van der Waals surface area contributed by atoms with Gasteiger partial charge in [-0.1, -0.05) is 36.4 Å². The number of carbonyl (C=O) groups excluding carboxylic acids is 3. The number of nitrogens with two attached hydrogens (primary N) is 1. The Bertz CT molecular complexity index is 1110. The van der Waals surface area contributed by atoms with Crippen LogP contribution >= 0.6 is 11.8 Å². The molecule has 35 heavy (non-hydrogen) atoms. The van der Waals surface area contributed by atoms with Crippen molar-refractivity contribution in [1.82, 2.24) is 10.6 Å². The summed E-state index contributed by atoms with van der Waals surface area (Å²) in [5.74, 6) is -1.50. The molecule has 3 rings (SSSR count). The van der Waals surface area contributed by atoms with Gasteiger partial charge >= 0.3 is 0 Å². The number of aliphatic hydroxyl groups excluding tert-OH is 2. The number of thioether (sulfide) groups is 1. The van der Waals surface area contributed by atoms with E-state index >= 15 is 0 Å². The molecule has 2 aromatic carbocycles. The largest absolute Gasteiger partial charge is 0.496 e. The summed E-state index contributed by atoms with van der Waals surface area (Å²) in [4.78, 5) is 38.7. The lowest BCUT2D eigenvalue weighted by Crippen LogP contribution is -2.52. The third-order valence-electron chi connectivity index (χ3n) is 5.75. The number of aliphatic hydroxyl groups is 2. The molecular formula is C25H29N3O6S. The Hall–Kier alpha value is -3.34. The van der Waals surface area contributed by atoms with E-state index in [9.17, 15) is 24.6 Å². The molecule has 1 aliphatic carbocycles. The van der Waals surface area contributed by atoms with Crippen LogP contribution in [0, 0.1) is 0 Å². The summed E-state index contributed by atoms with van der Waals surface area (Å²) in [6.07, 6.45) is 0.701. The Morgan fingerprint density at radius 2 is 1.86 bits per heavy atom. The second kappa shape index (κ2) is 11.9. The van der Waals surface area contributed by atoms with Gasteiger partial charge in [0.15, 0.2) is 0 Å². The predicted octanol–water partition coefficient (Wildman–Crippen LogP) is 0.780. The number of ether oxygens (including phenoxy) is 1. The molecule has 0 saturated heterocycles. The maximum atomic E-state index is 12.9. The van der Waals surface area contributed by atoms with E-state index in [-0.39, 0.29) is 24.0 Å². The average molecular weight is 500 g/mol. The second-order valence-corrected chi connectivity index (χ2v) is 9.02. The molecule has 9 nitrogen and oxygen atoms in total. The number of amides is 3. The SMILES string of the molecule is COc1cc(SC)ccc1C(=O)N[C@H]1C=C(C(=O)N[C@H](Cc2ccccc2)C(N)=O)C[C@@H](O)[C@@H]1O. The van der Waals surface area contributed by atoms with E-state index in [2.05, 4.69) is 10.6 Å². The van der Waals surface area contributed by atoms with Crippen LogP contribution in [0.15, 0.2) is 65.1 Å². The zero-order chi connectivity index (χ0) is 25.5. The zero-order valence-corrected chi connectivity index (χ0v) is 20.2. The fraction of sp³-hybridized carbons (Fsp3) is 0.320. The molecule has 0 bridgehead atoms. The molecule has 0 fully saturated rings. The molecule has 0 aromatic heterocycles. The Morgan fingerprint density at radius 1 is 1.14 bits per heavy atom. The first-order valence-electron chi connectivity index (χ1n) is 11.0. The highest BCUT2D eigenvalue weighted by Crippen LogP contribution is 2.26. The second-order valence-electron chi connectivity index (χ2n) is 8.14. The number of hydrogen-bond donors (Lipinski definition) is 5. The average Bonchev–Trinajstić information content (AvgIpc) is 2.86. The lowest BCUT2D eigenvalue weighted by atomic mass is 9.89. The predicted molar refractivity (Wildman–Crippen MR) is 132 cm³/mol. The number of nitrogens with one attached hydrogen (secondary N) is 2. The van der Waals surface area contributed by atoms with E-state index in [4.69, 9.17) is 10.5 Å². The number of carbonyl (C=O) groups is 3. The number of rotatable bonds is 9. The molecule has 6 N–H and O–H groups in total. The minimum Gasteiger partial charge on any atom is -0.496 e. The minimum absolute atomic E-state index is 0.122. The van der Waals surface area contributed by atoms with Crippen LogP contribution in [0.4, 0.5) is 0 Å². The molecule has 4 atom stereocenters. The third kappa shape index (κ3) is 6.62. The molecule has 0 heterocycles. The van der Waals surface area contributed by atoms with Gasteiger partial charge in [-0.25, -0.2) is 0 Å². The van der Waals surface area contributed by atoms with Gasteiger partial charge < -0.3 is 31.3 Å². The van der Waals surface area contributed by atoms with Crippen LogP contribution in [-0.2, 0) is 16.0 Å². The molecule has 2 aromatic rings. The van der Waals surface area contributed by atoms with Crippen molar-refractivity contribution < 1.29 is 29.3 Å². The topological polar surface area (TPSA) is 151 Å². The zero-order valence-electron chi connectivity index (χ0n) is 19.4. The first kappa shape index (κ1) is 26.3. The van der Waals surface area contributed by atoms with Crippen molar-refractivity contribution >= 4 is 29.5 Å². The molecule has 0 spiro atoms. The van der Waals surface area contributed by atoms with Gasteiger partial charge in [-0.2, -0.15) is 0 Å². The van der Waals surface area contributed by atoms with E-state index in [1.807, 2.05) is 36.6 Å². The highest BCUT2D eigenvalue weighted by molar-refractivity contribution is 7.98. The fourth-order valence-electron chi connectivity index (χ4n) is 3.80. The third-order valence-corrected chi connectivity index (χ3v) is 6.47. The summed E-state index contributed by atoms with van der Waals surface area (Å²) >= 11 is 1.49. The maximum absolute atomic E-state index is 12.9. The number of primary amides is 1. The fourth-order valence-corrected chi connectivity index (χ4v) is 4.23. The molecule has 0 unspecified atom stereocenters. The Balaban J connectivity index is 1.77. The monoisotopic (exact) mass is 499 g/mol. The van der Waals surface area contributed by atoms with Crippen molar-refractivity contribution in [3.63, 3.8) is 0 Å². The maximum Gasteiger partial charge on any atom is 0.255 e. The van der Waals surface area contributed by atoms with Gasteiger partial charge in [0.1, 0.15) is 17.9 Å². The molecule has 3 amide bonds. The summed E-state index contributed by atoms with van der Waals surface area (Å²) in [6, 6.07) is 12.2. The highest BCUT2D eigenvalue weighted by Gasteiger charge is 2.35. The van der Waals surface area contributed by atoms with Gasteiger partial charge in [0.2, 0.25) is 11.8 Å². The van der Waals surface area contributed by atoms with Gasteiger partial charge in [-0.15, -0.1) is 11.8 Å². The molecule has 1 aliphatic rings. The summed E-state index contributed by atoms with van der Waals surface area (Å²) in [5.41, 5.74) is 6.67. The van der Waals surface area contributed by atoms with Gasteiger partial charge in [-0.05, 0) is 30.0 Å². The molecule has 0 radical (unpaired) electrons. The lowest BCUT2D eigenvalue weighted by molar-refractivity contribution is -0.125. The van der Waals surface area contributed by atoms with Gasteiger partial charge in [0, 0.05) is 23.3 Å². The van der Waals surface area contributed by atoms with Crippen LogP contribution in [0.2, 0.25) is 0 Å². The van der Waals surface area contributed by atoms with Crippen molar-refractivity contribution in [2.24, 2.45) is 5.73 Å². The summed E-state index contributed by atoms with van der Waals surface area (Å²) in [6.45, 7) is 0. The number of hydrogen-bond acceptors (Lipinski definition) is 7. The van der Waals surface area contributed by atoms with Crippen molar-refractivity contribution in [3.8, 4) is 5.75 Å². The van der Waals surface area contributed by atoms with Crippen LogP contribution < -0.4 is 21.1 Å². The van der Waals surface area contributed by atoms with Crippen LogP contribution in [0.5, 0.6) is 5.75 Å². The van der Waals surface area contributed by atoms with E-state index in [1.54, 1.807) is 18.2 Å². The molecule has 0 aliphatic heterocycles. The molecule has 0 saturated carbocycles. The van der Waals surface area contributed by atoms with Crippen molar-refractivity contribution in [2.75, 3.05) is 13.4 Å². The van der Waals surface area contributed by atoms with Crippen LogP contribution in [0.3, 0.4) is 0 Å². The Labute approximate surface area is 207 Å². The van der Waals surface area contributed by atoms with Gasteiger partial charge in [-0.3, -0.25) is 14.4 Å². The first-order valence-corrected chi connectivity index (χ1v) is 12.2. The van der Waals surface area contributed by atoms with E-state index < -0.39 is 42.0 Å². The van der Waals surface area contributed by atoms with Gasteiger partial charge in [0.25, 0.3) is 5.91 Å². The molecular weight excluding hydrogens is 470 g/mol. The Kier molecular flexibility index (Phi) is 8.91. The van der Waals surface area contributed by atoms with Gasteiger partial charge in [0.05, 0.1) is 24.8 Å². The van der Waals surface area contributed by atoms with Crippen LogP contribution in [-0.4, -0.2) is 65.6 Å². The quantitative estimate of drug-likeness (QED) is 0.320. The van der Waals surface area contributed by atoms with E-state index in [1.165, 1.54) is 24.9 Å². The smallest absolute Gasteiger partial charge is 0.255 e. The number of methoxy groups -OCH3 is 1. The Morgan fingerprint density at radius 3 is 2.49 bits per heavy atom. The van der Waals surface area contributed by atoms with Crippen LogP contribution in [0.1, 0.15) is 22.3 Å². The molecule has 10 heteroatoms. The standard InChI is InChI=1S/C25H29N3O6S/c1-34-21-13-16(35-2)8-9-17(21)25(33)27-18-11-15(12-20(29)22(18)30)24(32)28-19(23(26)31)10-14-6-4-3-5-7-14/h3-9,11,13,18-20,22,29-30H,10,12H2,1-2H3,(H2,26,31)(H,27,33)(H,28,32)/t18-,19+,20+,22+/m0/s1. The highest BCUT2D eigenvalue weighted by atomic mass is 32.2. The number of benzene rings is 2. The summed E-state index contributed by atoms with van der Waals surface area (Å²) in [7, 11) is 1.45. The van der Waals surface area contributed by atoms with E-state index in [0.717, 1.165) is 10.5 Å². The van der Waals surface area contributed by atoms with Crippen molar-refractivity contribution in [1.29, 1.82) is 0 Å². The summed E-state index contributed by atoms with van der Waals surface area (Å²) < 4.78 is 5.31. The van der Waals surface area contributed by atoms with E-state index in [0.29, 0.717) is 5.75 Å². The van der Waals surface area contributed by atoms with Crippen LogP contribution in [0.25, 0.3) is 0 Å². The normalized spacial score (nSPS) is 20.3. The summed E-state index contributed by atoms with van der Waals surface area (Å²) in [5, 5.41) is 26.1. The van der Waals surface area contributed by atoms with Crippen molar-refractivity contribution in [3.05, 3.63) is 71.3 Å². The first-order chi connectivity index (χ1) is 16.7. The minimum atomic E-state index is -1.33. The lowest BCUT2D eigenvalue weighted by Gasteiger charge is -2.31.